The van der Waals surface area contributed by atoms with Gasteiger partial charge in [-0.25, -0.2) is 9.18 Å². The molecule has 4 heteroatoms. The third kappa shape index (κ3) is 3.23. The Balaban J connectivity index is 2.39. The average Bonchev–Trinajstić information content (AvgIpc) is 2.44. The predicted octanol–water partition coefficient (Wildman–Crippen LogP) is 3.69. The van der Waals surface area contributed by atoms with E-state index in [0.29, 0.717) is 5.69 Å². The van der Waals surface area contributed by atoms with E-state index in [4.69, 9.17) is 5.11 Å². The smallest absolute Gasteiger partial charge is 0.328 e. The van der Waals surface area contributed by atoms with Gasteiger partial charge >= 0.3 is 5.97 Å². The van der Waals surface area contributed by atoms with Gasteiger partial charge < -0.3 is 10.0 Å². The van der Waals surface area contributed by atoms with Gasteiger partial charge in [-0.05, 0) is 35.9 Å². The van der Waals surface area contributed by atoms with Gasteiger partial charge in [0.25, 0.3) is 0 Å². The molecule has 0 aliphatic carbocycles. The minimum absolute atomic E-state index is 0.312. The van der Waals surface area contributed by atoms with Crippen LogP contribution < -0.4 is 4.90 Å². The van der Waals surface area contributed by atoms with Crippen LogP contribution in [0.25, 0.3) is 6.08 Å². The Morgan fingerprint density at radius 2 is 1.95 bits per heavy atom. The Morgan fingerprint density at radius 1 is 1.20 bits per heavy atom. The minimum Gasteiger partial charge on any atom is -0.478 e. The molecule has 0 atom stereocenters. The number of anilines is 2. The molecule has 0 saturated heterocycles. The van der Waals surface area contributed by atoms with Crippen molar-refractivity contribution in [1.82, 2.24) is 0 Å². The highest BCUT2D eigenvalue weighted by molar-refractivity contribution is 5.87. The summed E-state index contributed by atoms with van der Waals surface area (Å²) in [5.74, 6) is -1.32. The first-order chi connectivity index (χ1) is 9.58. The van der Waals surface area contributed by atoms with E-state index < -0.39 is 5.97 Å². The molecule has 3 nitrogen and oxygen atoms in total. The van der Waals surface area contributed by atoms with Crippen LogP contribution in [0, 0.1) is 5.82 Å². The molecule has 1 N–H and O–H groups in total. The Labute approximate surface area is 116 Å². The second-order valence-electron chi connectivity index (χ2n) is 4.27. The van der Waals surface area contributed by atoms with Crippen molar-refractivity contribution in [1.29, 1.82) is 0 Å². The third-order valence-electron chi connectivity index (χ3n) is 2.90. The number of aliphatic carboxylic acids is 1. The molecule has 0 heterocycles. The van der Waals surface area contributed by atoms with E-state index in [2.05, 4.69) is 0 Å². The monoisotopic (exact) mass is 271 g/mol. The number of carbonyl (C=O) groups is 1. The molecule has 0 unspecified atom stereocenters. The zero-order valence-electron chi connectivity index (χ0n) is 11.0. The average molecular weight is 271 g/mol. The van der Waals surface area contributed by atoms with Gasteiger partial charge in [-0.1, -0.05) is 24.3 Å². The van der Waals surface area contributed by atoms with Crippen molar-refractivity contribution in [2.75, 3.05) is 11.9 Å². The van der Waals surface area contributed by atoms with Crippen LogP contribution in [0.4, 0.5) is 15.8 Å². The van der Waals surface area contributed by atoms with Gasteiger partial charge in [0.15, 0.2) is 0 Å². The fourth-order valence-electron chi connectivity index (χ4n) is 1.92. The molecule has 2 rings (SSSR count). The van der Waals surface area contributed by atoms with Crippen LogP contribution in [0.15, 0.2) is 54.6 Å². The van der Waals surface area contributed by atoms with E-state index in [1.807, 2.05) is 36.2 Å². The van der Waals surface area contributed by atoms with Gasteiger partial charge in [0, 0.05) is 24.5 Å². The van der Waals surface area contributed by atoms with Crippen LogP contribution in [-0.4, -0.2) is 18.1 Å². The number of carboxylic acid groups (broad SMARTS) is 1. The SMILES string of the molecule is CN(c1cccc(F)c1)c1ccccc1C=CC(=O)O. The van der Waals surface area contributed by atoms with Crippen molar-refractivity contribution in [2.45, 2.75) is 0 Å². The normalized spacial score (nSPS) is 10.7. The van der Waals surface area contributed by atoms with Crippen molar-refractivity contribution in [3.8, 4) is 0 Å². The highest BCUT2D eigenvalue weighted by atomic mass is 19.1. The van der Waals surface area contributed by atoms with Crippen LogP contribution in [0.2, 0.25) is 0 Å². The summed E-state index contributed by atoms with van der Waals surface area (Å²) in [4.78, 5) is 12.4. The van der Waals surface area contributed by atoms with Gasteiger partial charge in [-0.15, -0.1) is 0 Å². The van der Waals surface area contributed by atoms with Crippen molar-refractivity contribution >= 4 is 23.4 Å². The third-order valence-corrected chi connectivity index (χ3v) is 2.90. The van der Waals surface area contributed by atoms with Gasteiger partial charge in [-0.3, -0.25) is 0 Å². The second kappa shape index (κ2) is 6.02. The van der Waals surface area contributed by atoms with E-state index >= 15 is 0 Å². The maximum absolute atomic E-state index is 13.3. The summed E-state index contributed by atoms with van der Waals surface area (Å²) in [7, 11) is 1.81. The van der Waals surface area contributed by atoms with Gasteiger partial charge in [-0.2, -0.15) is 0 Å². The Hall–Kier alpha value is -2.62. The van der Waals surface area contributed by atoms with E-state index in [1.54, 1.807) is 12.1 Å². The first-order valence-electron chi connectivity index (χ1n) is 6.07. The quantitative estimate of drug-likeness (QED) is 0.862. The van der Waals surface area contributed by atoms with Crippen molar-refractivity contribution in [2.24, 2.45) is 0 Å². The molecular formula is C16H14FNO2. The van der Waals surface area contributed by atoms with Crippen LogP contribution in [0.1, 0.15) is 5.56 Å². The lowest BCUT2D eigenvalue weighted by atomic mass is 10.1. The van der Waals surface area contributed by atoms with E-state index in [0.717, 1.165) is 17.3 Å². The molecule has 0 bridgehead atoms. The maximum atomic E-state index is 13.3. The van der Waals surface area contributed by atoms with Gasteiger partial charge in [0.05, 0.1) is 0 Å². The predicted molar refractivity (Wildman–Crippen MR) is 77.6 cm³/mol. The summed E-state index contributed by atoms with van der Waals surface area (Å²) in [6.45, 7) is 0. The first kappa shape index (κ1) is 13.8. The Bertz CT molecular complexity index is 652. The lowest BCUT2D eigenvalue weighted by molar-refractivity contribution is -0.131. The molecule has 0 amide bonds. The molecule has 2 aromatic rings. The van der Waals surface area contributed by atoms with Crippen LogP contribution in [0.3, 0.4) is 0 Å². The topological polar surface area (TPSA) is 40.5 Å². The standard InChI is InChI=1S/C16H14FNO2/c1-18(14-7-4-6-13(17)11-14)15-8-3-2-5-12(15)9-10-16(19)20/h2-11H,1H3,(H,19,20). The minimum atomic E-state index is -1.01. The summed E-state index contributed by atoms with van der Waals surface area (Å²) in [5.41, 5.74) is 2.25. The van der Waals surface area contributed by atoms with Crippen LogP contribution in [-0.2, 0) is 4.79 Å². The summed E-state index contributed by atoms with van der Waals surface area (Å²) >= 11 is 0. The largest absolute Gasteiger partial charge is 0.478 e. The molecule has 0 radical (unpaired) electrons. The zero-order valence-corrected chi connectivity index (χ0v) is 11.0. The molecule has 0 aromatic heterocycles. The van der Waals surface area contributed by atoms with Crippen molar-refractivity contribution in [3.05, 3.63) is 66.0 Å². The van der Waals surface area contributed by atoms with E-state index in [9.17, 15) is 9.18 Å². The highest BCUT2D eigenvalue weighted by Crippen LogP contribution is 2.28. The van der Waals surface area contributed by atoms with Crippen molar-refractivity contribution in [3.63, 3.8) is 0 Å². The number of halogens is 1. The van der Waals surface area contributed by atoms with Gasteiger partial charge in [0.2, 0.25) is 0 Å². The zero-order chi connectivity index (χ0) is 14.5. The van der Waals surface area contributed by atoms with Crippen LogP contribution in [0.5, 0.6) is 0 Å². The number of para-hydroxylation sites is 1. The number of rotatable bonds is 4. The lowest BCUT2D eigenvalue weighted by Crippen LogP contribution is -2.10. The molecule has 0 saturated carbocycles. The molecule has 0 aliphatic rings. The fraction of sp³-hybridized carbons (Fsp3) is 0.0625. The highest BCUT2D eigenvalue weighted by Gasteiger charge is 2.08. The molecular weight excluding hydrogens is 257 g/mol. The molecule has 0 aliphatic heterocycles. The number of carboxylic acids is 1. The first-order valence-corrected chi connectivity index (χ1v) is 6.07. The summed E-state index contributed by atoms with van der Waals surface area (Å²) in [6, 6.07) is 13.6. The van der Waals surface area contributed by atoms with Crippen molar-refractivity contribution < 1.29 is 14.3 Å². The number of hydrogen-bond acceptors (Lipinski definition) is 2. The molecule has 2 aromatic carbocycles. The molecule has 0 spiro atoms. The fourth-order valence-corrected chi connectivity index (χ4v) is 1.92. The molecule has 102 valence electrons. The number of hydrogen-bond donors (Lipinski definition) is 1. The Morgan fingerprint density at radius 3 is 2.65 bits per heavy atom. The Kier molecular flexibility index (Phi) is 4.15. The van der Waals surface area contributed by atoms with E-state index in [1.165, 1.54) is 18.2 Å². The van der Waals surface area contributed by atoms with Gasteiger partial charge in [0.1, 0.15) is 5.82 Å². The molecule has 20 heavy (non-hydrogen) atoms. The van der Waals surface area contributed by atoms with Crippen LogP contribution >= 0.6 is 0 Å². The number of benzene rings is 2. The summed E-state index contributed by atoms with van der Waals surface area (Å²) in [6.07, 6.45) is 2.60. The summed E-state index contributed by atoms with van der Waals surface area (Å²) < 4.78 is 13.3. The number of nitrogens with zero attached hydrogens (tertiary/aromatic N) is 1. The summed E-state index contributed by atoms with van der Waals surface area (Å²) in [5, 5.41) is 8.71. The maximum Gasteiger partial charge on any atom is 0.328 e. The second-order valence-corrected chi connectivity index (χ2v) is 4.27. The molecule has 0 fully saturated rings. The lowest BCUT2D eigenvalue weighted by Gasteiger charge is -2.21. The van der Waals surface area contributed by atoms with E-state index in [-0.39, 0.29) is 5.82 Å².